The second kappa shape index (κ2) is 7.14. The van der Waals surface area contributed by atoms with E-state index in [2.05, 4.69) is 16.8 Å². The van der Waals surface area contributed by atoms with Crippen LogP contribution in [0.15, 0.2) is 60.5 Å². The molecular weight excluding hydrogens is 351 g/mol. The Kier molecular flexibility index (Phi) is 4.70. The number of fused-ring (bicyclic) bond motifs is 1. The lowest BCUT2D eigenvalue weighted by atomic mass is 10.1. The van der Waals surface area contributed by atoms with E-state index in [0.29, 0.717) is 6.42 Å². The summed E-state index contributed by atoms with van der Waals surface area (Å²) in [7, 11) is 2.05. The first kappa shape index (κ1) is 17.1. The van der Waals surface area contributed by atoms with Gasteiger partial charge in [-0.1, -0.05) is 23.7 Å². The summed E-state index contributed by atoms with van der Waals surface area (Å²) in [6.07, 6.45) is 5.69. The molecular formula is C21H20ClFN2O. The number of hydroxylamine groups is 2. The number of nitrogens with zero attached hydrogens (tertiary/aromatic N) is 2. The Morgan fingerprint density at radius 2 is 2.08 bits per heavy atom. The van der Waals surface area contributed by atoms with Gasteiger partial charge >= 0.3 is 0 Å². The third-order valence-corrected chi connectivity index (χ3v) is 4.94. The minimum atomic E-state index is -0.215. The van der Waals surface area contributed by atoms with E-state index in [1.165, 1.54) is 22.5 Å². The summed E-state index contributed by atoms with van der Waals surface area (Å²) in [6, 6.07) is 12.6. The second-order valence-electron chi connectivity index (χ2n) is 6.63. The number of benzene rings is 2. The fourth-order valence-corrected chi connectivity index (χ4v) is 3.60. The SMILES string of the molecule is Cn1cc(CCN2CC=C(Cc3cccc(F)c3)O2)c2cc(Cl)ccc21. The van der Waals surface area contributed by atoms with Crippen LogP contribution in [0.3, 0.4) is 0 Å². The first-order valence-electron chi connectivity index (χ1n) is 8.68. The van der Waals surface area contributed by atoms with Gasteiger partial charge < -0.3 is 9.40 Å². The summed E-state index contributed by atoms with van der Waals surface area (Å²) in [5.74, 6) is 0.657. The zero-order chi connectivity index (χ0) is 18.1. The summed E-state index contributed by atoms with van der Waals surface area (Å²) >= 11 is 6.16. The number of aryl methyl sites for hydroxylation is 1. The van der Waals surface area contributed by atoms with Crippen molar-refractivity contribution in [2.45, 2.75) is 12.8 Å². The Morgan fingerprint density at radius 1 is 1.19 bits per heavy atom. The monoisotopic (exact) mass is 370 g/mol. The lowest BCUT2D eigenvalue weighted by Crippen LogP contribution is -2.22. The highest BCUT2D eigenvalue weighted by atomic mass is 35.5. The van der Waals surface area contributed by atoms with Gasteiger partial charge in [-0.2, -0.15) is 0 Å². The fourth-order valence-electron chi connectivity index (χ4n) is 3.42. The van der Waals surface area contributed by atoms with Crippen molar-refractivity contribution in [1.82, 2.24) is 9.63 Å². The molecule has 0 fully saturated rings. The van der Waals surface area contributed by atoms with Gasteiger partial charge in [0, 0.05) is 42.1 Å². The summed E-state index contributed by atoms with van der Waals surface area (Å²) in [4.78, 5) is 5.91. The van der Waals surface area contributed by atoms with Gasteiger partial charge in [-0.15, -0.1) is 5.06 Å². The largest absolute Gasteiger partial charge is 0.410 e. The quantitative estimate of drug-likeness (QED) is 0.636. The van der Waals surface area contributed by atoms with Crippen LogP contribution in [0.2, 0.25) is 5.02 Å². The summed E-state index contributed by atoms with van der Waals surface area (Å²) in [5.41, 5.74) is 3.35. The van der Waals surface area contributed by atoms with Gasteiger partial charge in [0.15, 0.2) is 0 Å². The lowest BCUT2D eigenvalue weighted by molar-refractivity contribution is -0.0914. The number of hydrogen-bond acceptors (Lipinski definition) is 2. The molecule has 134 valence electrons. The maximum absolute atomic E-state index is 13.3. The number of allylic oxidation sites excluding steroid dienone is 1. The normalized spacial score (nSPS) is 14.7. The molecule has 0 N–H and O–H groups in total. The molecule has 0 saturated heterocycles. The molecule has 0 amide bonds. The van der Waals surface area contributed by atoms with Gasteiger partial charge in [-0.25, -0.2) is 4.39 Å². The smallest absolute Gasteiger partial charge is 0.126 e. The van der Waals surface area contributed by atoms with Crippen molar-refractivity contribution in [3.8, 4) is 0 Å². The molecule has 3 nitrogen and oxygen atoms in total. The van der Waals surface area contributed by atoms with Gasteiger partial charge in [-0.3, -0.25) is 0 Å². The highest BCUT2D eigenvalue weighted by Gasteiger charge is 2.17. The van der Waals surface area contributed by atoms with E-state index >= 15 is 0 Å². The van der Waals surface area contributed by atoms with Crippen LogP contribution in [-0.2, 0) is 24.7 Å². The van der Waals surface area contributed by atoms with Crippen molar-refractivity contribution < 1.29 is 9.23 Å². The average molecular weight is 371 g/mol. The minimum absolute atomic E-state index is 0.215. The van der Waals surface area contributed by atoms with Crippen molar-refractivity contribution in [1.29, 1.82) is 0 Å². The maximum Gasteiger partial charge on any atom is 0.126 e. The van der Waals surface area contributed by atoms with E-state index in [4.69, 9.17) is 16.4 Å². The van der Waals surface area contributed by atoms with E-state index < -0.39 is 0 Å². The van der Waals surface area contributed by atoms with E-state index in [1.54, 1.807) is 12.1 Å². The summed E-state index contributed by atoms with van der Waals surface area (Å²) in [6.45, 7) is 1.53. The predicted octanol–water partition coefficient (Wildman–Crippen LogP) is 4.89. The second-order valence-corrected chi connectivity index (χ2v) is 7.07. The standard InChI is InChI=1S/C21H20ClFN2O/c1-24-14-16(20-13-17(22)5-6-21(20)24)7-9-25-10-8-19(26-25)12-15-3-2-4-18(23)11-15/h2-6,8,11,13-14H,7,9-10,12H2,1H3. The molecule has 1 aliphatic heterocycles. The van der Waals surface area contributed by atoms with Crippen LogP contribution in [0.25, 0.3) is 10.9 Å². The van der Waals surface area contributed by atoms with Crippen LogP contribution in [0, 0.1) is 5.82 Å². The van der Waals surface area contributed by atoms with Crippen molar-refractivity contribution in [2.24, 2.45) is 7.05 Å². The maximum atomic E-state index is 13.3. The first-order chi connectivity index (χ1) is 12.6. The number of halogens is 2. The average Bonchev–Trinajstić information content (AvgIpc) is 3.17. The summed E-state index contributed by atoms with van der Waals surface area (Å²) in [5, 5.41) is 3.88. The lowest BCUT2D eigenvalue weighted by Gasteiger charge is -2.16. The van der Waals surface area contributed by atoms with Gasteiger partial charge in [0.1, 0.15) is 11.6 Å². The fraction of sp³-hybridized carbons (Fsp3) is 0.238. The molecule has 26 heavy (non-hydrogen) atoms. The molecule has 1 aliphatic rings. The molecule has 4 rings (SSSR count). The predicted molar refractivity (Wildman–Crippen MR) is 102 cm³/mol. The minimum Gasteiger partial charge on any atom is -0.410 e. The Balaban J connectivity index is 1.38. The molecule has 2 heterocycles. The molecule has 3 aromatic rings. The van der Waals surface area contributed by atoms with E-state index in [9.17, 15) is 4.39 Å². The van der Waals surface area contributed by atoms with Crippen LogP contribution in [0.5, 0.6) is 0 Å². The van der Waals surface area contributed by atoms with Crippen LogP contribution >= 0.6 is 11.6 Å². The molecule has 2 aromatic carbocycles. The van der Waals surface area contributed by atoms with E-state index in [1.807, 2.05) is 36.4 Å². The Labute approximate surface area is 157 Å². The number of hydrogen-bond donors (Lipinski definition) is 0. The highest BCUT2D eigenvalue weighted by Crippen LogP contribution is 2.25. The first-order valence-corrected chi connectivity index (χ1v) is 9.06. The van der Waals surface area contributed by atoms with Crippen molar-refractivity contribution in [3.05, 3.63) is 82.5 Å². The van der Waals surface area contributed by atoms with E-state index in [0.717, 1.165) is 35.9 Å². The molecule has 0 radical (unpaired) electrons. The highest BCUT2D eigenvalue weighted by molar-refractivity contribution is 6.31. The Bertz CT molecular complexity index is 979. The molecule has 1 aromatic heterocycles. The van der Waals surface area contributed by atoms with Crippen LogP contribution in [-0.4, -0.2) is 22.7 Å². The van der Waals surface area contributed by atoms with Gasteiger partial charge in [0.2, 0.25) is 0 Å². The molecule has 0 spiro atoms. The Morgan fingerprint density at radius 3 is 2.92 bits per heavy atom. The number of rotatable bonds is 5. The van der Waals surface area contributed by atoms with Crippen LogP contribution in [0.1, 0.15) is 11.1 Å². The molecule has 0 unspecified atom stereocenters. The van der Waals surface area contributed by atoms with Crippen LogP contribution in [0.4, 0.5) is 4.39 Å². The molecule has 0 atom stereocenters. The van der Waals surface area contributed by atoms with Gasteiger partial charge in [0.25, 0.3) is 0 Å². The Hall–Kier alpha value is -2.30. The molecule has 5 heteroatoms. The van der Waals surface area contributed by atoms with E-state index in [-0.39, 0.29) is 5.82 Å². The third-order valence-electron chi connectivity index (χ3n) is 4.70. The van der Waals surface area contributed by atoms with Crippen LogP contribution < -0.4 is 0 Å². The van der Waals surface area contributed by atoms with Crippen molar-refractivity contribution >= 4 is 22.5 Å². The number of aromatic nitrogens is 1. The molecule has 0 bridgehead atoms. The molecule has 0 aliphatic carbocycles. The van der Waals surface area contributed by atoms with Gasteiger partial charge in [-0.05, 0) is 54.0 Å². The molecule has 0 saturated carbocycles. The summed E-state index contributed by atoms with van der Waals surface area (Å²) < 4.78 is 15.4. The third kappa shape index (κ3) is 3.62. The zero-order valence-electron chi connectivity index (χ0n) is 14.6. The zero-order valence-corrected chi connectivity index (χ0v) is 15.3. The van der Waals surface area contributed by atoms with Gasteiger partial charge in [0.05, 0.1) is 6.54 Å². The van der Waals surface area contributed by atoms with Crippen molar-refractivity contribution in [2.75, 3.05) is 13.1 Å². The van der Waals surface area contributed by atoms with Crippen molar-refractivity contribution in [3.63, 3.8) is 0 Å². The topological polar surface area (TPSA) is 17.4 Å².